The monoisotopic (exact) mass is 363 g/mol. The summed E-state index contributed by atoms with van der Waals surface area (Å²) < 4.78 is 3.26. The van der Waals surface area contributed by atoms with E-state index in [0.717, 1.165) is 11.3 Å². The number of nitrogens with one attached hydrogen (secondary N) is 1. The Morgan fingerprint density at radius 3 is 2.71 bits per heavy atom. The van der Waals surface area contributed by atoms with Crippen molar-refractivity contribution in [2.45, 2.75) is 13.5 Å². The zero-order valence-electron chi connectivity index (χ0n) is 13.1. The summed E-state index contributed by atoms with van der Waals surface area (Å²) in [4.78, 5) is 12.3. The molecule has 0 atom stereocenters. The Hall–Kier alpha value is -2.31. The Morgan fingerprint density at radius 2 is 2.04 bits per heavy atom. The van der Waals surface area contributed by atoms with Gasteiger partial charge in [0.1, 0.15) is 5.69 Å². The summed E-state index contributed by atoms with van der Waals surface area (Å²) in [7, 11) is 1.73. The summed E-state index contributed by atoms with van der Waals surface area (Å²) in [6, 6.07) is 7.15. The molecule has 0 aliphatic carbocycles. The molecule has 1 amide bonds. The van der Waals surface area contributed by atoms with E-state index in [-0.39, 0.29) is 5.91 Å². The standard InChI is InChI=1S/C16H15Cl2N5O/c1-10-5-15(22(2)21-10)16(24)20-12-7-19-23(9-12)8-11-3-4-13(17)14(18)6-11/h3-7,9H,8H2,1-2H3,(H,20,24). The molecule has 3 aromatic rings. The molecule has 0 saturated heterocycles. The van der Waals surface area contributed by atoms with Gasteiger partial charge >= 0.3 is 0 Å². The van der Waals surface area contributed by atoms with E-state index in [2.05, 4.69) is 15.5 Å². The molecule has 0 radical (unpaired) electrons. The van der Waals surface area contributed by atoms with Crippen LogP contribution in [0.5, 0.6) is 0 Å². The number of amides is 1. The Kier molecular flexibility index (Phi) is 4.59. The second-order valence-corrected chi connectivity index (χ2v) is 6.24. The minimum atomic E-state index is -0.229. The summed E-state index contributed by atoms with van der Waals surface area (Å²) in [6.45, 7) is 2.36. The van der Waals surface area contributed by atoms with E-state index >= 15 is 0 Å². The number of rotatable bonds is 4. The van der Waals surface area contributed by atoms with Gasteiger partial charge in [0.15, 0.2) is 0 Å². The van der Waals surface area contributed by atoms with Gasteiger partial charge in [-0.15, -0.1) is 0 Å². The molecule has 0 aliphatic heterocycles. The Balaban J connectivity index is 1.70. The molecular formula is C16H15Cl2N5O. The van der Waals surface area contributed by atoms with Gasteiger partial charge in [0.05, 0.1) is 34.2 Å². The van der Waals surface area contributed by atoms with Crippen LogP contribution in [0.4, 0.5) is 5.69 Å². The molecule has 3 rings (SSSR count). The summed E-state index contributed by atoms with van der Waals surface area (Å²) in [5, 5.41) is 12.2. The number of halogens is 2. The largest absolute Gasteiger partial charge is 0.318 e. The van der Waals surface area contributed by atoms with E-state index < -0.39 is 0 Å². The fraction of sp³-hybridized carbons (Fsp3) is 0.188. The van der Waals surface area contributed by atoms with Gasteiger partial charge in [-0.05, 0) is 30.7 Å². The number of anilines is 1. The Labute approximate surface area is 149 Å². The van der Waals surface area contributed by atoms with Crippen molar-refractivity contribution >= 4 is 34.8 Å². The van der Waals surface area contributed by atoms with Crippen molar-refractivity contribution in [3.05, 3.63) is 63.7 Å². The number of hydrogen-bond acceptors (Lipinski definition) is 3. The van der Waals surface area contributed by atoms with Crippen LogP contribution in [0.2, 0.25) is 10.0 Å². The second kappa shape index (κ2) is 6.67. The lowest BCUT2D eigenvalue weighted by atomic mass is 10.2. The quantitative estimate of drug-likeness (QED) is 0.770. The van der Waals surface area contributed by atoms with Crippen LogP contribution >= 0.6 is 23.2 Å². The van der Waals surface area contributed by atoms with Crippen LogP contribution < -0.4 is 5.32 Å². The summed E-state index contributed by atoms with van der Waals surface area (Å²) in [5.41, 5.74) is 2.86. The number of nitrogens with zero attached hydrogens (tertiary/aromatic N) is 4. The van der Waals surface area contributed by atoms with Crippen molar-refractivity contribution in [3.63, 3.8) is 0 Å². The smallest absolute Gasteiger partial charge is 0.274 e. The maximum atomic E-state index is 12.3. The normalized spacial score (nSPS) is 10.8. The van der Waals surface area contributed by atoms with Crippen LogP contribution in [0.3, 0.4) is 0 Å². The van der Waals surface area contributed by atoms with Gasteiger partial charge in [0.2, 0.25) is 0 Å². The third kappa shape index (κ3) is 3.60. The van der Waals surface area contributed by atoms with Crippen LogP contribution in [-0.2, 0) is 13.6 Å². The predicted octanol–water partition coefficient (Wildman–Crippen LogP) is 3.53. The van der Waals surface area contributed by atoms with E-state index in [0.29, 0.717) is 28.0 Å². The molecule has 0 bridgehead atoms. The fourth-order valence-corrected chi connectivity index (χ4v) is 2.68. The predicted molar refractivity (Wildman–Crippen MR) is 93.7 cm³/mol. The molecule has 0 unspecified atom stereocenters. The highest BCUT2D eigenvalue weighted by molar-refractivity contribution is 6.42. The summed E-state index contributed by atoms with van der Waals surface area (Å²) in [5.74, 6) is -0.229. The number of carbonyl (C=O) groups excluding carboxylic acids is 1. The summed E-state index contributed by atoms with van der Waals surface area (Å²) >= 11 is 11.9. The molecule has 0 aliphatic rings. The molecule has 1 N–H and O–H groups in total. The molecule has 2 aromatic heterocycles. The number of hydrogen-bond donors (Lipinski definition) is 1. The topological polar surface area (TPSA) is 64.7 Å². The number of aromatic nitrogens is 4. The Bertz CT molecular complexity index is 900. The SMILES string of the molecule is Cc1cc(C(=O)Nc2cnn(Cc3ccc(Cl)c(Cl)c3)c2)n(C)n1. The van der Waals surface area contributed by atoms with Crippen LogP contribution in [0.15, 0.2) is 36.7 Å². The highest BCUT2D eigenvalue weighted by atomic mass is 35.5. The van der Waals surface area contributed by atoms with E-state index in [9.17, 15) is 4.79 Å². The van der Waals surface area contributed by atoms with Crippen LogP contribution in [0.1, 0.15) is 21.7 Å². The number of aryl methyl sites for hydroxylation is 2. The molecule has 24 heavy (non-hydrogen) atoms. The molecule has 0 fully saturated rings. The molecule has 8 heteroatoms. The molecule has 124 valence electrons. The average molecular weight is 364 g/mol. The van der Waals surface area contributed by atoms with Gasteiger partial charge in [-0.3, -0.25) is 14.2 Å². The first kappa shape index (κ1) is 16.5. The van der Waals surface area contributed by atoms with Crippen molar-refractivity contribution in [1.82, 2.24) is 19.6 Å². The molecule has 2 heterocycles. The lowest BCUT2D eigenvalue weighted by molar-refractivity contribution is 0.101. The van der Waals surface area contributed by atoms with Gasteiger partial charge in [0, 0.05) is 13.2 Å². The van der Waals surface area contributed by atoms with Crippen LogP contribution in [-0.4, -0.2) is 25.5 Å². The lowest BCUT2D eigenvalue weighted by Gasteiger charge is -2.04. The van der Waals surface area contributed by atoms with E-state index in [4.69, 9.17) is 23.2 Å². The molecule has 1 aromatic carbocycles. The minimum Gasteiger partial charge on any atom is -0.318 e. The highest BCUT2D eigenvalue weighted by Gasteiger charge is 2.13. The van der Waals surface area contributed by atoms with Crippen molar-refractivity contribution in [3.8, 4) is 0 Å². The van der Waals surface area contributed by atoms with Crippen molar-refractivity contribution < 1.29 is 4.79 Å². The van der Waals surface area contributed by atoms with E-state index in [1.165, 1.54) is 0 Å². The summed E-state index contributed by atoms with van der Waals surface area (Å²) in [6.07, 6.45) is 3.35. The van der Waals surface area contributed by atoms with Gasteiger partial charge < -0.3 is 5.32 Å². The first-order valence-corrected chi connectivity index (χ1v) is 7.96. The molecular weight excluding hydrogens is 349 g/mol. The zero-order valence-corrected chi connectivity index (χ0v) is 14.6. The average Bonchev–Trinajstić information content (AvgIpc) is 3.09. The van der Waals surface area contributed by atoms with Gasteiger partial charge in [-0.25, -0.2) is 0 Å². The fourth-order valence-electron chi connectivity index (χ4n) is 2.36. The third-order valence-electron chi connectivity index (χ3n) is 3.45. The van der Waals surface area contributed by atoms with Gasteiger partial charge in [-0.2, -0.15) is 10.2 Å². The maximum absolute atomic E-state index is 12.3. The second-order valence-electron chi connectivity index (χ2n) is 5.42. The van der Waals surface area contributed by atoms with Crippen molar-refractivity contribution in [2.75, 3.05) is 5.32 Å². The minimum absolute atomic E-state index is 0.229. The van der Waals surface area contributed by atoms with Crippen molar-refractivity contribution in [1.29, 1.82) is 0 Å². The number of benzene rings is 1. The number of carbonyl (C=O) groups is 1. The van der Waals surface area contributed by atoms with Crippen LogP contribution in [0, 0.1) is 6.92 Å². The van der Waals surface area contributed by atoms with Crippen molar-refractivity contribution in [2.24, 2.45) is 7.05 Å². The molecule has 0 saturated carbocycles. The van der Waals surface area contributed by atoms with Gasteiger partial charge in [0.25, 0.3) is 5.91 Å². The van der Waals surface area contributed by atoms with E-state index in [1.54, 1.807) is 47.0 Å². The maximum Gasteiger partial charge on any atom is 0.274 e. The van der Waals surface area contributed by atoms with Gasteiger partial charge in [-0.1, -0.05) is 29.3 Å². The highest BCUT2D eigenvalue weighted by Crippen LogP contribution is 2.23. The van der Waals surface area contributed by atoms with E-state index in [1.807, 2.05) is 13.0 Å². The first-order chi connectivity index (χ1) is 11.4. The zero-order chi connectivity index (χ0) is 17.3. The molecule has 6 nitrogen and oxygen atoms in total. The van der Waals surface area contributed by atoms with Crippen LogP contribution in [0.25, 0.3) is 0 Å². The first-order valence-electron chi connectivity index (χ1n) is 7.21. The lowest BCUT2D eigenvalue weighted by Crippen LogP contribution is -2.15. The third-order valence-corrected chi connectivity index (χ3v) is 4.19. The Morgan fingerprint density at radius 1 is 1.25 bits per heavy atom. The molecule has 0 spiro atoms.